The lowest BCUT2D eigenvalue weighted by Crippen LogP contribution is -2.52. The molecule has 0 radical (unpaired) electrons. The van der Waals surface area contributed by atoms with E-state index >= 15 is 0 Å². The third-order valence-electron chi connectivity index (χ3n) is 6.10. The lowest BCUT2D eigenvalue weighted by atomic mass is 10.0. The normalized spacial score (nSPS) is 20.3. The standard InChI is InChI=1S/C23H39N5O2.HI/c1-5-24-22(26-18-23(2,3)28-11-13-30-14-12-28)25-16-19-9-10-27(17-19)20-7-6-8-21(15-20)29-4;/h6-8,15,19H,5,9-14,16-18H2,1-4H3,(H2,24,25,26);1H. The zero-order valence-corrected chi connectivity index (χ0v) is 21.9. The third-order valence-corrected chi connectivity index (χ3v) is 6.10. The number of rotatable bonds is 8. The number of methoxy groups -OCH3 is 1. The minimum absolute atomic E-state index is 0. The number of halogens is 1. The van der Waals surface area contributed by atoms with Gasteiger partial charge in [0.15, 0.2) is 5.96 Å². The van der Waals surface area contributed by atoms with Crippen LogP contribution in [0.3, 0.4) is 0 Å². The summed E-state index contributed by atoms with van der Waals surface area (Å²) in [7, 11) is 1.72. The molecule has 0 spiro atoms. The van der Waals surface area contributed by atoms with Crippen LogP contribution >= 0.6 is 24.0 Å². The molecule has 0 aliphatic carbocycles. The quantitative estimate of drug-likeness (QED) is 0.298. The van der Waals surface area contributed by atoms with Crippen LogP contribution in [0.1, 0.15) is 27.2 Å². The minimum Gasteiger partial charge on any atom is -0.497 e. The fourth-order valence-corrected chi connectivity index (χ4v) is 4.16. The number of guanidine groups is 1. The van der Waals surface area contributed by atoms with Gasteiger partial charge in [0.1, 0.15) is 5.75 Å². The summed E-state index contributed by atoms with van der Waals surface area (Å²) in [5.74, 6) is 2.43. The Balaban J connectivity index is 0.00000341. The Morgan fingerprint density at radius 2 is 2.00 bits per heavy atom. The SMILES string of the molecule is CCNC(=NCC(C)(C)N1CCOCC1)NCC1CCN(c2cccc(OC)c2)C1.I. The van der Waals surface area contributed by atoms with Crippen molar-refractivity contribution in [2.75, 3.05) is 71.0 Å². The Kier molecular flexibility index (Phi) is 10.6. The Morgan fingerprint density at radius 1 is 1.23 bits per heavy atom. The highest BCUT2D eigenvalue weighted by molar-refractivity contribution is 14.0. The number of ether oxygens (including phenoxy) is 2. The molecule has 1 aromatic rings. The van der Waals surface area contributed by atoms with Gasteiger partial charge in [-0.15, -0.1) is 24.0 Å². The zero-order chi connectivity index (χ0) is 21.4. The minimum atomic E-state index is 0. The highest BCUT2D eigenvalue weighted by Crippen LogP contribution is 2.26. The number of hydrogen-bond acceptors (Lipinski definition) is 5. The number of benzene rings is 1. The fraction of sp³-hybridized carbons (Fsp3) is 0.696. The fourth-order valence-electron chi connectivity index (χ4n) is 4.16. The number of anilines is 1. The molecule has 176 valence electrons. The van der Waals surface area contributed by atoms with Crippen molar-refractivity contribution >= 4 is 35.6 Å². The maximum atomic E-state index is 5.49. The van der Waals surface area contributed by atoms with Crippen molar-refractivity contribution in [2.45, 2.75) is 32.7 Å². The molecule has 8 heteroatoms. The number of nitrogens with one attached hydrogen (secondary N) is 2. The van der Waals surface area contributed by atoms with Gasteiger partial charge < -0.3 is 25.0 Å². The van der Waals surface area contributed by atoms with Gasteiger partial charge in [0.05, 0.1) is 26.9 Å². The molecule has 0 saturated carbocycles. The molecule has 1 atom stereocenters. The zero-order valence-electron chi connectivity index (χ0n) is 19.5. The molecule has 3 rings (SSSR count). The van der Waals surface area contributed by atoms with E-state index in [2.05, 4.69) is 59.4 Å². The Hall–Kier alpha value is -1.26. The van der Waals surface area contributed by atoms with Crippen LogP contribution in [0.4, 0.5) is 5.69 Å². The van der Waals surface area contributed by atoms with Gasteiger partial charge in [-0.2, -0.15) is 0 Å². The molecule has 1 aromatic carbocycles. The van der Waals surface area contributed by atoms with Gasteiger partial charge in [0, 0.05) is 56.6 Å². The van der Waals surface area contributed by atoms with Crippen molar-refractivity contribution in [1.29, 1.82) is 0 Å². The van der Waals surface area contributed by atoms with Gasteiger partial charge in [0.2, 0.25) is 0 Å². The molecule has 2 saturated heterocycles. The average Bonchev–Trinajstić information content (AvgIpc) is 3.25. The van der Waals surface area contributed by atoms with Crippen molar-refractivity contribution in [3.63, 3.8) is 0 Å². The molecule has 2 aliphatic heterocycles. The summed E-state index contributed by atoms with van der Waals surface area (Å²) in [6.45, 7) is 15.0. The summed E-state index contributed by atoms with van der Waals surface area (Å²) in [4.78, 5) is 9.83. The van der Waals surface area contributed by atoms with Crippen LogP contribution in [0.5, 0.6) is 5.75 Å². The lowest BCUT2D eigenvalue weighted by Gasteiger charge is -2.39. The van der Waals surface area contributed by atoms with Crippen LogP contribution in [0.15, 0.2) is 29.3 Å². The number of hydrogen-bond donors (Lipinski definition) is 2. The van der Waals surface area contributed by atoms with Gasteiger partial charge in [-0.25, -0.2) is 0 Å². The van der Waals surface area contributed by atoms with Gasteiger partial charge in [-0.3, -0.25) is 9.89 Å². The van der Waals surface area contributed by atoms with E-state index in [0.717, 1.165) is 70.7 Å². The van der Waals surface area contributed by atoms with E-state index in [1.807, 2.05) is 6.07 Å². The molecule has 1 unspecified atom stereocenters. The molecule has 2 fully saturated rings. The summed E-state index contributed by atoms with van der Waals surface area (Å²) >= 11 is 0. The van der Waals surface area contributed by atoms with Crippen LogP contribution in [0.2, 0.25) is 0 Å². The predicted octanol–water partition coefficient (Wildman–Crippen LogP) is 2.81. The molecule has 0 aromatic heterocycles. The molecule has 2 aliphatic rings. The second kappa shape index (κ2) is 12.7. The van der Waals surface area contributed by atoms with Gasteiger partial charge in [-0.05, 0) is 45.2 Å². The van der Waals surface area contributed by atoms with E-state index in [-0.39, 0.29) is 29.5 Å². The second-order valence-electron chi connectivity index (χ2n) is 8.79. The first-order valence-corrected chi connectivity index (χ1v) is 11.3. The van der Waals surface area contributed by atoms with E-state index in [0.29, 0.717) is 5.92 Å². The Bertz CT molecular complexity index is 694. The van der Waals surface area contributed by atoms with Gasteiger partial charge in [-0.1, -0.05) is 6.07 Å². The average molecular weight is 546 g/mol. The lowest BCUT2D eigenvalue weighted by molar-refractivity contribution is -0.00683. The largest absolute Gasteiger partial charge is 0.497 e. The molecular weight excluding hydrogens is 505 g/mol. The highest BCUT2D eigenvalue weighted by Gasteiger charge is 2.28. The Morgan fingerprint density at radius 3 is 2.71 bits per heavy atom. The maximum absolute atomic E-state index is 5.49. The first-order chi connectivity index (χ1) is 14.5. The molecular formula is C23H40IN5O2. The summed E-state index contributed by atoms with van der Waals surface area (Å²) in [6.07, 6.45) is 1.18. The summed E-state index contributed by atoms with van der Waals surface area (Å²) in [5, 5.41) is 6.98. The molecule has 31 heavy (non-hydrogen) atoms. The van der Waals surface area contributed by atoms with Crippen LogP contribution in [-0.4, -0.2) is 82.5 Å². The van der Waals surface area contributed by atoms with E-state index in [4.69, 9.17) is 14.5 Å². The molecule has 2 heterocycles. The predicted molar refractivity (Wildman–Crippen MR) is 139 cm³/mol. The van der Waals surface area contributed by atoms with Crippen molar-refractivity contribution in [3.8, 4) is 5.75 Å². The first-order valence-electron chi connectivity index (χ1n) is 11.3. The number of morpholine rings is 1. The monoisotopic (exact) mass is 545 g/mol. The van der Waals surface area contributed by atoms with Crippen molar-refractivity contribution in [2.24, 2.45) is 10.9 Å². The maximum Gasteiger partial charge on any atom is 0.191 e. The van der Waals surface area contributed by atoms with E-state index in [1.54, 1.807) is 7.11 Å². The van der Waals surface area contributed by atoms with Crippen molar-refractivity contribution < 1.29 is 9.47 Å². The first kappa shape index (κ1) is 26.0. The summed E-state index contributed by atoms with van der Waals surface area (Å²) < 4.78 is 10.9. The molecule has 7 nitrogen and oxygen atoms in total. The second-order valence-corrected chi connectivity index (χ2v) is 8.79. The van der Waals surface area contributed by atoms with Gasteiger partial charge in [0.25, 0.3) is 0 Å². The van der Waals surface area contributed by atoms with Crippen LogP contribution in [0.25, 0.3) is 0 Å². The van der Waals surface area contributed by atoms with Crippen LogP contribution in [-0.2, 0) is 4.74 Å². The smallest absolute Gasteiger partial charge is 0.191 e. The van der Waals surface area contributed by atoms with E-state index < -0.39 is 0 Å². The molecule has 0 amide bonds. The Labute approximate surface area is 205 Å². The van der Waals surface area contributed by atoms with Crippen molar-refractivity contribution in [1.82, 2.24) is 15.5 Å². The number of nitrogens with zero attached hydrogens (tertiary/aromatic N) is 3. The topological polar surface area (TPSA) is 61.4 Å². The molecule has 0 bridgehead atoms. The van der Waals surface area contributed by atoms with Gasteiger partial charge >= 0.3 is 0 Å². The van der Waals surface area contributed by atoms with E-state index in [1.165, 1.54) is 12.1 Å². The van der Waals surface area contributed by atoms with E-state index in [9.17, 15) is 0 Å². The summed E-state index contributed by atoms with van der Waals surface area (Å²) in [6, 6.07) is 8.34. The van der Waals surface area contributed by atoms with Crippen LogP contribution < -0.4 is 20.3 Å². The van der Waals surface area contributed by atoms with Crippen LogP contribution in [0, 0.1) is 5.92 Å². The number of aliphatic imine (C=N–C) groups is 1. The highest BCUT2D eigenvalue weighted by atomic mass is 127. The molecule has 2 N–H and O–H groups in total. The summed E-state index contributed by atoms with van der Waals surface area (Å²) in [5.41, 5.74) is 1.27. The van der Waals surface area contributed by atoms with Crippen molar-refractivity contribution in [3.05, 3.63) is 24.3 Å². The third kappa shape index (κ3) is 7.68.